The largest absolute Gasteiger partial charge is 0.453 e. The normalized spacial score (nSPS) is 47.0. The van der Waals surface area contributed by atoms with E-state index in [4.69, 9.17) is 18.9 Å². The number of ether oxygens (including phenoxy) is 4. The zero-order valence-corrected chi connectivity index (χ0v) is 14.3. The van der Waals surface area contributed by atoms with Crippen molar-refractivity contribution in [3.05, 3.63) is 0 Å². The molecule has 3 heterocycles. The van der Waals surface area contributed by atoms with E-state index in [2.05, 4.69) is 9.78 Å². The molecule has 0 aromatic rings. The Bertz CT molecular complexity index is 540. The first kappa shape index (κ1) is 21.7. The molecule has 3 rings (SSSR count). The minimum atomic E-state index is -1.81. The van der Waals surface area contributed by atoms with E-state index >= 15 is 0 Å². The van der Waals surface area contributed by atoms with Crippen molar-refractivity contribution in [1.29, 1.82) is 0 Å². The zero-order valence-electron chi connectivity index (χ0n) is 14.3. The molecule has 0 spiro atoms. The van der Waals surface area contributed by atoms with Crippen LogP contribution in [0.2, 0.25) is 0 Å². The van der Waals surface area contributed by atoms with Gasteiger partial charge in [-0.2, -0.15) is 9.78 Å². The van der Waals surface area contributed by atoms with E-state index in [0.717, 1.165) is 0 Å². The van der Waals surface area contributed by atoms with Crippen LogP contribution in [0.5, 0.6) is 0 Å². The second-order valence-corrected chi connectivity index (χ2v) is 6.46. The molecule has 0 unspecified atom stereocenters. The van der Waals surface area contributed by atoms with Crippen LogP contribution in [0.4, 0.5) is 0 Å². The molecule has 0 saturated carbocycles. The van der Waals surface area contributed by atoms with Crippen molar-refractivity contribution in [1.82, 2.24) is 0 Å². The van der Waals surface area contributed by atoms with E-state index in [0.29, 0.717) is 0 Å². The van der Waals surface area contributed by atoms with Crippen LogP contribution in [0.1, 0.15) is 0 Å². The first-order chi connectivity index (χ1) is 13.3. The van der Waals surface area contributed by atoms with Crippen LogP contribution >= 0.6 is 0 Å². The van der Waals surface area contributed by atoms with Gasteiger partial charge in [0.2, 0.25) is 0 Å². The van der Waals surface area contributed by atoms with E-state index in [1.165, 1.54) is 0 Å². The highest BCUT2D eigenvalue weighted by atomic mass is 17.4. The number of esters is 1. The highest BCUT2D eigenvalue weighted by Crippen LogP contribution is 2.30. The summed E-state index contributed by atoms with van der Waals surface area (Å²) in [5, 5.41) is 68.7. The fourth-order valence-corrected chi connectivity index (χ4v) is 2.99. The summed E-state index contributed by atoms with van der Waals surface area (Å²) in [5.74, 6) is -1.05. The number of carbonyl (C=O) groups excluding carboxylic acids is 1. The fraction of sp³-hybridized carbons (Fsp3) is 0.929. The molecule has 14 heteroatoms. The minimum absolute atomic E-state index is 0.727. The van der Waals surface area contributed by atoms with Gasteiger partial charge in [0.05, 0.1) is 13.2 Å². The van der Waals surface area contributed by atoms with E-state index in [1.807, 2.05) is 0 Å². The van der Waals surface area contributed by atoms with Gasteiger partial charge in [-0.1, -0.05) is 0 Å². The van der Waals surface area contributed by atoms with Gasteiger partial charge in [-0.15, -0.1) is 0 Å². The van der Waals surface area contributed by atoms with Crippen molar-refractivity contribution in [3.63, 3.8) is 0 Å². The molecule has 0 bridgehead atoms. The third-order valence-electron chi connectivity index (χ3n) is 4.59. The zero-order chi connectivity index (χ0) is 20.6. The van der Waals surface area contributed by atoms with Gasteiger partial charge in [0.1, 0.15) is 42.7 Å². The third kappa shape index (κ3) is 4.28. The molecule has 0 radical (unpaired) electrons. The quantitative estimate of drug-likeness (QED) is 0.122. The molecule has 10 atom stereocenters. The molecule has 7 N–H and O–H groups in total. The van der Waals surface area contributed by atoms with Crippen LogP contribution in [0.3, 0.4) is 0 Å². The lowest BCUT2D eigenvalue weighted by atomic mass is 9.97. The molecular formula is C14H22O14. The van der Waals surface area contributed by atoms with Crippen molar-refractivity contribution in [2.75, 3.05) is 13.2 Å². The molecule has 0 amide bonds. The Hall–Kier alpha value is -1.01. The summed E-state index contributed by atoms with van der Waals surface area (Å²) in [4.78, 5) is 20.2. The van der Waals surface area contributed by atoms with Gasteiger partial charge in [0.25, 0.3) is 0 Å². The average Bonchev–Trinajstić information content (AvgIpc) is 3.52. The van der Waals surface area contributed by atoms with Gasteiger partial charge in [-0.05, 0) is 0 Å². The average molecular weight is 414 g/mol. The maximum Gasteiger partial charge on any atom is 0.369 e. The van der Waals surface area contributed by atoms with Crippen molar-refractivity contribution >= 4 is 5.97 Å². The molecule has 14 nitrogen and oxygen atoms in total. The van der Waals surface area contributed by atoms with E-state index in [1.54, 1.807) is 0 Å². The predicted octanol–water partition coefficient (Wildman–Crippen LogP) is -5.56. The second kappa shape index (κ2) is 8.78. The topological polar surface area (TPSA) is 221 Å². The number of aliphatic hydroxyl groups excluding tert-OH is 7. The first-order valence-electron chi connectivity index (χ1n) is 8.39. The smallest absolute Gasteiger partial charge is 0.369 e. The summed E-state index contributed by atoms with van der Waals surface area (Å²) in [5.41, 5.74) is 0. The lowest BCUT2D eigenvalue weighted by Crippen LogP contribution is -2.65. The minimum Gasteiger partial charge on any atom is -0.453 e. The van der Waals surface area contributed by atoms with Gasteiger partial charge in [0, 0.05) is 0 Å². The summed E-state index contributed by atoms with van der Waals surface area (Å²) < 4.78 is 20.5. The molecule has 0 aromatic heterocycles. The van der Waals surface area contributed by atoms with Crippen LogP contribution in [0, 0.1) is 0 Å². The van der Waals surface area contributed by atoms with Crippen molar-refractivity contribution in [2.45, 2.75) is 67.7 Å². The van der Waals surface area contributed by atoms with Crippen molar-refractivity contribution in [2.24, 2.45) is 0 Å². The number of carbonyl (C=O) groups is 1. The van der Waals surface area contributed by atoms with Crippen LogP contribution in [0.25, 0.3) is 0 Å². The summed E-state index contributed by atoms with van der Waals surface area (Å²) >= 11 is 0. The van der Waals surface area contributed by atoms with Gasteiger partial charge < -0.3 is 54.7 Å². The Kier molecular flexibility index (Phi) is 6.80. The van der Waals surface area contributed by atoms with Crippen LogP contribution in [-0.4, -0.2) is 123 Å². The molecule has 3 aliphatic rings. The Morgan fingerprint density at radius 2 is 1.43 bits per heavy atom. The summed E-state index contributed by atoms with van der Waals surface area (Å²) in [6.45, 7) is -1.47. The molecular weight excluding hydrogens is 392 g/mol. The monoisotopic (exact) mass is 414 g/mol. The highest BCUT2D eigenvalue weighted by Gasteiger charge is 2.52. The Labute approximate surface area is 157 Å². The van der Waals surface area contributed by atoms with Crippen molar-refractivity contribution < 1.29 is 69.3 Å². The Morgan fingerprint density at radius 3 is 2.00 bits per heavy atom. The van der Waals surface area contributed by atoms with E-state index < -0.39 is 86.9 Å². The Balaban J connectivity index is 1.74. The SMILES string of the molecule is O=C(O[C@@H]1[C@@H](O)[C@@H](O[C@H]2[C@H](O)[C@@H](O)[C@H](O)O[C@@H]2CO)O[C@H](CO)[C@H]1O)C1OO1. The first-order valence-corrected chi connectivity index (χ1v) is 8.39. The lowest BCUT2D eigenvalue weighted by molar-refractivity contribution is -0.355. The van der Waals surface area contributed by atoms with Crippen LogP contribution < -0.4 is 0 Å². The van der Waals surface area contributed by atoms with Crippen LogP contribution in [0.15, 0.2) is 0 Å². The molecule has 0 aliphatic carbocycles. The number of rotatable bonds is 6. The number of hydrogen-bond donors (Lipinski definition) is 7. The fourth-order valence-electron chi connectivity index (χ4n) is 2.99. The molecule has 3 fully saturated rings. The summed E-state index contributed by atoms with van der Waals surface area (Å²) in [6, 6.07) is 0. The van der Waals surface area contributed by atoms with Gasteiger partial charge in [0.15, 0.2) is 18.7 Å². The van der Waals surface area contributed by atoms with Gasteiger partial charge in [-0.3, -0.25) is 0 Å². The third-order valence-corrected chi connectivity index (χ3v) is 4.59. The van der Waals surface area contributed by atoms with Gasteiger partial charge >= 0.3 is 12.3 Å². The molecule has 3 aliphatic heterocycles. The molecule has 3 saturated heterocycles. The standard InChI is InChI=1S/C14H22O14/c15-1-3-5(17)10(25-12(22)14-27-28-14)8(20)13(24-3)26-9-4(2-16)23-11(21)7(19)6(9)18/h3-11,13-21H,1-2H2/t3-,4-,5-,6-,7-,8-,9-,10+,11-,13-/m1/s1. The van der Waals surface area contributed by atoms with E-state index in [9.17, 15) is 40.5 Å². The predicted molar refractivity (Wildman–Crippen MR) is 78.5 cm³/mol. The summed E-state index contributed by atoms with van der Waals surface area (Å²) in [6.07, 6.45) is -17.5. The van der Waals surface area contributed by atoms with E-state index in [-0.39, 0.29) is 0 Å². The van der Waals surface area contributed by atoms with Crippen molar-refractivity contribution in [3.8, 4) is 0 Å². The maximum atomic E-state index is 11.7. The number of aliphatic hydroxyl groups is 7. The lowest BCUT2D eigenvalue weighted by Gasteiger charge is -2.45. The number of hydrogen-bond acceptors (Lipinski definition) is 14. The Morgan fingerprint density at radius 1 is 0.786 bits per heavy atom. The molecule has 0 aromatic carbocycles. The second-order valence-electron chi connectivity index (χ2n) is 6.46. The molecule has 28 heavy (non-hydrogen) atoms. The van der Waals surface area contributed by atoms with Crippen LogP contribution in [-0.2, 0) is 33.5 Å². The molecule has 162 valence electrons. The summed E-state index contributed by atoms with van der Waals surface area (Å²) in [7, 11) is 0. The maximum absolute atomic E-state index is 11.7. The highest BCUT2D eigenvalue weighted by molar-refractivity contribution is 5.74. The van der Waals surface area contributed by atoms with Gasteiger partial charge in [-0.25, -0.2) is 4.79 Å².